The third kappa shape index (κ3) is 4.12. The first-order chi connectivity index (χ1) is 13.4. The summed E-state index contributed by atoms with van der Waals surface area (Å²) in [5, 5.41) is 14.5. The number of aromatic amines is 1. The van der Waals surface area contributed by atoms with Crippen LogP contribution >= 0.6 is 23.6 Å². The Labute approximate surface area is 170 Å². The van der Waals surface area contributed by atoms with Crippen LogP contribution in [0.1, 0.15) is 19.9 Å². The first-order valence-electron chi connectivity index (χ1n) is 8.38. The molecule has 10 heteroatoms. The summed E-state index contributed by atoms with van der Waals surface area (Å²) in [7, 11) is 1.53. The van der Waals surface area contributed by atoms with Crippen LogP contribution < -0.4 is 15.4 Å². The van der Waals surface area contributed by atoms with Gasteiger partial charge in [-0.25, -0.2) is 0 Å². The minimum Gasteiger partial charge on any atom is -0.497 e. The van der Waals surface area contributed by atoms with Gasteiger partial charge in [-0.2, -0.15) is 5.10 Å². The average molecular weight is 418 g/mol. The van der Waals surface area contributed by atoms with Crippen molar-refractivity contribution in [2.24, 2.45) is 0 Å². The fraction of sp³-hybridized carbons (Fsp3) is 0.222. The molecule has 0 spiro atoms. The Kier molecular flexibility index (Phi) is 5.90. The Morgan fingerprint density at radius 1 is 1.29 bits per heavy atom. The number of ether oxygens (including phenoxy) is 1. The van der Waals surface area contributed by atoms with Crippen LogP contribution in [0.15, 0.2) is 35.7 Å². The molecule has 3 N–H and O–H groups in total. The molecule has 28 heavy (non-hydrogen) atoms. The number of aromatic nitrogens is 3. The summed E-state index contributed by atoms with van der Waals surface area (Å²) in [6.07, 6.45) is 0. The SMILES string of the molecule is COc1ccc(NC(C)=O)c(NC(=O)C(C)n2c(-c3cccs3)n[nH]c2=S)c1. The maximum atomic E-state index is 13.0. The second kappa shape index (κ2) is 8.36. The molecule has 0 aliphatic rings. The van der Waals surface area contributed by atoms with Gasteiger partial charge in [0.05, 0.1) is 23.4 Å². The van der Waals surface area contributed by atoms with Crippen molar-refractivity contribution in [3.8, 4) is 16.5 Å². The van der Waals surface area contributed by atoms with Gasteiger partial charge in [-0.3, -0.25) is 19.3 Å². The Hall–Kier alpha value is -2.98. The molecule has 3 aromatic rings. The maximum Gasteiger partial charge on any atom is 0.247 e. The lowest BCUT2D eigenvalue weighted by atomic mass is 10.2. The van der Waals surface area contributed by atoms with E-state index in [1.54, 1.807) is 29.7 Å². The molecule has 0 aliphatic heterocycles. The third-order valence-electron chi connectivity index (χ3n) is 4.01. The highest BCUT2D eigenvalue weighted by atomic mass is 32.1. The zero-order chi connectivity index (χ0) is 20.3. The molecule has 0 radical (unpaired) electrons. The summed E-state index contributed by atoms with van der Waals surface area (Å²) < 4.78 is 7.22. The zero-order valence-electron chi connectivity index (χ0n) is 15.5. The number of thiophene rings is 1. The summed E-state index contributed by atoms with van der Waals surface area (Å²) in [5.74, 6) is 0.590. The predicted molar refractivity (Wildman–Crippen MR) is 111 cm³/mol. The van der Waals surface area contributed by atoms with Gasteiger partial charge in [0, 0.05) is 13.0 Å². The van der Waals surface area contributed by atoms with Crippen LogP contribution in [-0.4, -0.2) is 33.7 Å². The molecule has 0 bridgehead atoms. The normalized spacial score (nSPS) is 11.7. The molecule has 1 atom stereocenters. The fourth-order valence-electron chi connectivity index (χ4n) is 2.65. The van der Waals surface area contributed by atoms with Crippen molar-refractivity contribution < 1.29 is 14.3 Å². The Balaban J connectivity index is 1.91. The van der Waals surface area contributed by atoms with Crippen molar-refractivity contribution >= 4 is 46.7 Å². The highest BCUT2D eigenvalue weighted by Gasteiger charge is 2.22. The standard InChI is InChI=1S/C18H19N5O3S2/c1-10(23-16(21-22-18(23)27)15-5-4-8-28-15)17(25)20-14-9-12(26-3)6-7-13(14)19-11(2)24/h4-10H,1-3H3,(H,19,24)(H,20,25)(H,22,27). The van der Waals surface area contributed by atoms with Crippen molar-refractivity contribution in [1.29, 1.82) is 0 Å². The van der Waals surface area contributed by atoms with E-state index in [0.29, 0.717) is 27.7 Å². The number of nitrogens with one attached hydrogen (secondary N) is 3. The predicted octanol–water partition coefficient (Wildman–Crippen LogP) is 3.84. The van der Waals surface area contributed by atoms with Gasteiger partial charge in [0.2, 0.25) is 11.8 Å². The van der Waals surface area contributed by atoms with E-state index < -0.39 is 6.04 Å². The number of methoxy groups -OCH3 is 1. The lowest BCUT2D eigenvalue weighted by Gasteiger charge is -2.18. The summed E-state index contributed by atoms with van der Waals surface area (Å²) in [6.45, 7) is 3.13. The molecule has 1 unspecified atom stereocenters. The summed E-state index contributed by atoms with van der Waals surface area (Å²) in [5.41, 5.74) is 0.905. The number of nitrogens with zero attached hydrogens (tertiary/aromatic N) is 2. The van der Waals surface area contributed by atoms with Crippen LogP contribution in [0.2, 0.25) is 0 Å². The topological polar surface area (TPSA) is 101 Å². The van der Waals surface area contributed by atoms with E-state index in [1.807, 2.05) is 17.5 Å². The van der Waals surface area contributed by atoms with Crippen LogP contribution in [-0.2, 0) is 9.59 Å². The second-order valence-electron chi connectivity index (χ2n) is 5.96. The van der Waals surface area contributed by atoms with E-state index >= 15 is 0 Å². The molecule has 0 aliphatic carbocycles. The van der Waals surface area contributed by atoms with Gasteiger partial charge in [0.1, 0.15) is 11.8 Å². The molecular weight excluding hydrogens is 398 g/mol. The molecule has 0 saturated heterocycles. The highest BCUT2D eigenvalue weighted by molar-refractivity contribution is 7.71. The molecule has 2 aromatic heterocycles. The van der Waals surface area contributed by atoms with E-state index in [-0.39, 0.29) is 11.8 Å². The largest absolute Gasteiger partial charge is 0.497 e. The molecular formula is C18H19N5O3S2. The summed E-state index contributed by atoms with van der Waals surface area (Å²) in [6, 6.07) is 8.19. The number of hydrogen-bond acceptors (Lipinski definition) is 6. The van der Waals surface area contributed by atoms with Gasteiger partial charge in [-0.1, -0.05) is 6.07 Å². The van der Waals surface area contributed by atoms with E-state index in [2.05, 4.69) is 20.8 Å². The highest BCUT2D eigenvalue weighted by Crippen LogP contribution is 2.29. The van der Waals surface area contributed by atoms with Crippen molar-refractivity contribution in [1.82, 2.24) is 14.8 Å². The lowest BCUT2D eigenvalue weighted by Crippen LogP contribution is -2.25. The monoisotopic (exact) mass is 417 g/mol. The minimum atomic E-state index is -0.639. The van der Waals surface area contributed by atoms with Crippen molar-refractivity contribution in [3.05, 3.63) is 40.5 Å². The minimum absolute atomic E-state index is 0.245. The number of amides is 2. The quantitative estimate of drug-likeness (QED) is 0.529. The van der Waals surface area contributed by atoms with Crippen molar-refractivity contribution in [3.63, 3.8) is 0 Å². The van der Waals surface area contributed by atoms with E-state index in [1.165, 1.54) is 25.4 Å². The molecule has 3 rings (SSSR count). The van der Waals surface area contributed by atoms with E-state index in [4.69, 9.17) is 17.0 Å². The zero-order valence-corrected chi connectivity index (χ0v) is 17.1. The van der Waals surface area contributed by atoms with Crippen LogP contribution in [0, 0.1) is 4.77 Å². The first-order valence-corrected chi connectivity index (χ1v) is 9.66. The second-order valence-corrected chi connectivity index (χ2v) is 7.29. The van der Waals surface area contributed by atoms with Crippen molar-refractivity contribution in [2.75, 3.05) is 17.7 Å². The number of rotatable bonds is 6. The van der Waals surface area contributed by atoms with Gasteiger partial charge in [-0.15, -0.1) is 11.3 Å². The van der Waals surface area contributed by atoms with Crippen LogP contribution in [0.3, 0.4) is 0 Å². The Morgan fingerprint density at radius 2 is 2.07 bits per heavy atom. The number of carbonyl (C=O) groups is 2. The van der Waals surface area contributed by atoms with Crippen LogP contribution in [0.25, 0.3) is 10.7 Å². The smallest absolute Gasteiger partial charge is 0.247 e. The van der Waals surface area contributed by atoms with Gasteiger partial charge < -0.3 is 15.4 Å². The third-order valence-corrected chi connectivity index (χ3v) is 5.16. The number of anilines is 2. The number of H-pyrrole nitrogens is 1. The molecule has 0 fully saturated rings. The van der Waals surface area contributed by atoms with Gasteiger partial charge in [-0.05, 0) is 42.7 Å². The maximum absolute atomic E-state index is 13.0. The Bertz CT molecular complexity index is 1060. The molecule has 8 nitrogen and oxygen atoms in total. The molecule has 2 amide bonds. The molecule has 146 valence electrons. The molecule has 1 aromatic carbocycles. The number of hydrogen-bond donors (Lipinski definition) is 3. The lowest BCUT2D eigenvalue weighted by molar-refractivity contribution is -0.119. The average Bonchev–Trinajstić information content (AvgIpc) is 3.31. The van der Waals surface area contributed by atoms with Gasteiger partial charge in [0.15, 0.2) is 10.6 Å². The number of benzene rings is 1. The summed E-state index contributed by atoms with van der Waals surface area (Å²) >= 11 is 6.83. The fourth-order valence-corrected chi connectivity index (χ4v) is 3.65. The van der Waals surface area contributed by atoms with Crippen LogP contribution in [0.5, 0.6) is 5.75 Å². The van der Waals surface area contributed by atoms with E-state index in [0.717, 1.165) is 4.88 Å². The number of carbonyl (C=O) groups excluding carboxylic acids is 2. The first kappa shape index (κ1) is 19.8. The molecule has 2 heterocycles. The van der Waals surface area contributed by atoms with Gasteiger partial charge >= 0.3 is 0 Å². The van der Waals surface area contributed by atoms with Crippen LogP contribution in [0.4, 0.5) is 11.4 Å². The Morgan fingerprint density at radius 3 is 2.71 bits per heavy atom. The van der Waals surface area contributed by atoms with Crippen molar-refractivity contribution in [2.45, 2.75) is 19.9 Å². The molecule has 0 saturated carbocycles. The van der Waals surface area contributed by atoms with Gasteiger partial charge in [0.25, 0.3) is 0 Å². The summed E-state index contributed by atoms with van der Waals surface area (Å²) in [4.78, 5) is 25.3. The van der Waals surface area contributed by atoms with E-state index in [9.17, 15) is 9.59 Å².